The van der Waals surface area contributed by atoms with Crippen molar-refractivity contribution < 1.29 is 28.6 Å². The van der Waals surface area contributed by atoms with Crippen LogP contribution in [-0.2, 0) is 28.6 Å². The lowest BCUT2D eigenvalue weighted by Gasteiger charge is -2.31. The van der Waals surface area contributed by atoms with E-state index in [0.717, 1.165) is 45.8 Å². The zero-order valence-electron chi connectivity index (χ0n) is 29.2. The Kier molecular flexibility index (Phi) is 22.5. The molecule has 0 bridgehead atoms. The molecule has 0 aliphatic rings. The normalized spacial score (nSPS) is 12.3. The molecule has 0 aliphatic carbocycles. The highest BCUT2D eigenvalue weighted by Crippen LogP contribution is 2.25. The van der Waals surface area contributed by atoms with Gasteiger partial charge in [-0.25, -0.2) is 0 Å². The van der Waals surface area contributed by atoms with Gasteiger partial charge in [-0.3, -0.25) is 14.4 Å². The molecule has 12 heteroatoms. The van der Waals surface area contributed by atoms with E-state index in [1.807, 2.05) is 56.3 Å². The van der Waals surface area contributed by atoms with Crippen LogP contribution in [0.15, 0.2) is 0 Å². The SMILES string of the molecule is CCN(C)CCN(C)CCC(=O)OCC(CC)(COC(=O)CCN(C)CCN(C)C)COC(=O)CCN(C)CCN(C)C. The van der Waals surface area contributed by atoms with E-state index in [2.05, 4.69) is 43.4 Å². The largest absolute Gasteiger partial charge is 0.465 e. The van der Waals surface area contributed by atoms with Gasteiger partial charge in [-0.2, -0.15) is 0 Å². The Hall–Kier alpha value is -1.83. The molecule has 254 valence electrons. The lowest BCUT2D eigenvalue weighted by Crippen LogP contribution is -2.40. The number of carbonyl (C=O) groups excluding carboxylic acids is 3. The number of nitrogens with zero attached hydrogens (tertiary/aromatic N) is 6. The van der Waals surface area contributed by atoms with Crippen LogP contribution < -0.4 is 0 Å². The molecule has 0 aliphatic heterocycles. The van der Waals surface area contributed by atoms with Crippen molar-refractivity contribution in [2.45, 2.75) is 39.5 Å². The standard InChI is InChI=1S/C31H64N6O6/c1-11-31(25-41-28(38)13-16-35(8)21-19-32(3)4,26-42-29(39)14-17-36(9)22-20-33(5)6)27-43-30(40)15-18-37(10)24-23-34(7)12-2/h11-27H2,1-10H3. The predicted molar refractivity (Wildman–Crippen MR) is 172 cm³/mol. The lowest BCUT2D eigenvalue weighted by atomic mass is 9.88. The van der Waals surface area contributed by atoms with Crippen molar-refractivity contribution in [3.05, 3.63) is 0 Å². The van der Waals surface area contributed by atoms with E-state index in [1.165, 1.54) is 0 Å². The van der Waals surface area contributed by atoms with Gasteiger partial charge in [0.25, 0.3) is 0 Å². The number of esters is 3. The summed E-state index contributed by atoms with van der Waals surface area (Å²) in [4.78, 5) is 50.6. The Morgan fingerprint density at radius 3 is 1.05 bits per heavy atom. The Bertz CT molecular complexity index is 731. The van der Waals surface area contributed by atoms with E-state index in [0.29, 0.717) is 26.1 Å². The van der Waals surface area contributed by atoms with Crippen LogP contribution in [0.3, 0.4) is 0 Å². The molecule has 43 heavy (non-hydrogen) atoms. The van der Waals surface area contributed by atoms with Gasteiger partial charge in [0.05, 0.1) is 24.7 Å². The van der Waals surface area contributed by atoms with Gasteiger partial charge in [-0.05, 0) is 69.3 Å². The van der Waals surface area contributed by atoms with Gasteiger partial charge in [0, 0.05) is 58.9 Å². The van der Waals surface area contributed by atoms with E-state index in [9.17, 15) is 14.4 Å². The smallest absolute Gasteiger partial charge is 0.307 e. The maximum absolute atomic E-state index is 12.7. The molecule has 0 heterocycles. The molecule has 0 saturated heterocycles. The number of hydrogen-bond acceptors (Lipinski definition) is 12. The van der Waals surface area contributed by atoms with Gasteiger partial charge >= 0.3 is 17.9 Å². The highest BCUT2D eigenvalue weighted by atomic mass is 16.6. The number of ether oxygens (including phenoxy) is 3. The van der Waals surface area contributed by atoms with Crippen LogP contribution in [0.25, 0.3) is 0 Å². The molecule has 0 atom stereocenters. The molecule has 12 nitrogen and oxygen atoms in total. The van der Waals surface area contributed by atoms with Crippen LogP contribution in [0.5, 0.6) is 0 Å². The minimum absolute atomic E-state index is 0.0102. The van der Waals surface area contributed by atoms with Gasteiger partial charge in [0.15, 0.2) is 0 Å². The molecule has 0 aromatic heterocycles. The average molecular weight is 617 g/mol. The van der Waals surface area contributed by atoms with Gasteiger partial charge in [-0.1, -0.05) is 13.8 Å². The fourth-order valence-electron chi connectivity index (χ4n) is 3.77. The Morgan fingerprint density at radius 2 is 0.767 bits per heavy atom. The first kappa shape index (κ1) is 41.2. The first-order chi connectivity index (χ1) is 20.2. The molecule has 0 fully saturated rings. The predicted octanol–water partition coefficient (Wildman–Crippen LogP) is 1.05. The summed E-state index contributed by atoms with van der Waals surface area (Å²) in [6.45, 7) is 12.1. The van der Waals surface area contributed by atoms with Crippen LogP contribution in [-0.4, -0.2) is 189 Å². The first-order valence-corrected chi connectivity index (χ1v) is 15.7. The van der Waals surface area contributed by atoms with Crippen molar-refractivity contribution in [1.29, 1.82) is 0 Å². The summed E-state index contributed by atoms with van der Waals surface area (Å²) >= 11 is 0. The number of rotatable bonds is 26. The number of carbonyl (C=O) groups is 3. The third-order valence-electron chi connectivity index (χ3n) is 7.72. The Labute approximate surface area is 262 Å². The maximum Gasteiger partial charge on any atom is 0.307 e. The van der Waals surface area contributed by atoms with Crippen LogP contribution in [0, 0.1) is 5.41 Å². The van der Waals surface area contributed by atoms with Gasteiger partial charge < -0.3 is 43.6 Å². The average Bonchev–Trinajstić information content (AvgIpc) is 2.97. The molecule has 0 aromatic carbocycles. The van der Waals surface area contributed by atoms with E-state index < -0.39 is 5.41 Å². The molecule has 0 radical (unpaired) electrons. The zero-order chi connectivity index (χ0) is 32.8. The van der Waals surface area contributed by atoms with Crippen LogP contribution in [0.4, 0.5) is 0 Å². The fourth-order valence-corrected chi connectivity index (χ4v) is 3.77. The number of likely N-dealkylation sites (N-methyl/N-ethyl adjacent to an activating group) is 6. The summed E-state index contributed by atoms with van der Waals surface area (Å²) in [5.41, 5.74) is -0.815. The summed E-state index contributed by atoms with van der Waals surface area (Å²) in [5, 5.41) is 0. The van der Waals surface area contributed by atoms with Crippen LogP contribution in [0.1, 0.15) is 39.5 Å². The quantitative estimate of drug-likeness (QED) is 0.103. The summed E-state index contributed by atoms with van der Waals surface area (Å²) in [7, 11) is 16.1. The second-order valence-electron chi connectivity index (χ2n) is 12.5. The summed E-state index contributed by atoms with van der Waals surface area (Å²) < 4.78 is 17.0. The van der Waals surface area contributed by atoms with E-state index >= 15 is 0 Å². The number of hydrogen-bond donors (Lipinski definition) is 0. The van der Waals surface area contributed by atoms with Crippen LogP contribution >= 0.6 is 0 Å². The van der Waals surface area contributed by atoms with E-state index in [4.69, 9.17) is 14.2 Å². The molecule has 0 amide bonds. The summed E-state index contributed by atoms with van der Waals surface area (Å²) in [6.07, 6.45) is 1.27. The third kappa shape index (κ3) is 22.4. The van der Waals surface area contributed by atoms with Crippen molar-refractivity contribution in [3.63, 3.8) is 0 Å². The van der Waals surface area contributed by atoms with Crippen molar-refractivity contribution in [2.24, 2.45) is 5.41 Å². The van der Waals surface area contributed by atoms with Crippen molar-refractivity contribution >= 4 is 17.9 Å². The van der Waals surface area contributed by atoms with Crippen molar-refractivity contribution in [3.8, 4) is 0 Å². The monoisotopic (exact) mass is 616 g/mol. The highest BCUT2D eigenvalue weighted by molar-refractivity contribution is 5.70. The Balaban J connectivity index is 5.08. The molecule has 0 rings (SSSR count). The van der Waals surface area contributed by atoms with E-state index in [-0.39, 0.29) is 57.0 Å². The van der Waals surface area contributed by atoms with Gasteiger partial charge in [0.2, 0.25) is 0 Å². The van der Waals surface area contributed by atoms with Crippen LogP contribution in [0.2, 0.25) is 0 Å². The Morgan fingerprint density at radius 1 is 0.465 bits per heavy atom. The molecule has 0 spiro atoms. The van der Waals surface area contributed by atoms with Gasteiger partial charge in [0.1, 0.15) is 19.8 Å². The summed E-state index contributed by atoms with van der Waals surface area (Å²) in [5.74, 6) is -0.974. The van der Waals surface area contributed by atoms with Crippen molar-refractivity contribution in [2.75, 3.05) is 142 Å². The molecular weight excluding hydrogens is 552 g/mol. The van der Waals surface area contributed by atoms with Crippen molar-refractivity contribution in [1.82, 2.24) is 29.4 Å². The molecule has 0 aromatic rings. The second kappa shape index (κ2) is 23.5. The minimum atomic E-state index is -0.815. The molecule has 0 saturated carbocycles. The topological polar surface area (TPSA) is 98.3 Å². The fraction of sp³-hybridized carbons (Fsp3) is 0.903. The first-order valence-electron chi connectivity index (χ1n) is 15.7. The van der Waals surface area contributed by atoms with E-state index in [1.54, 1.807) is 0 Å². The highest BCUT2D eigenvalue weighted by Gasteiger charge is 2.34. The van der Waals surface area contributed by atoms with Gasteiger partial charge in [-0.15, -0.1) is 0 Å². The maximum atomic E-state index is 12.7. The third-order valence-corrected chi connectivity index (χ3v) is 7.72. The lowest BCUT2D eigenvalue weighted by molar-refractivity contribution is -0.162. The summed E-state index contributed by atoms with van der Waals surface area (Å²) in [6, 6.07) is 0. The molecule has 0 N–H and O–H groups in total. The minimum Gasteiger partial charge on any atom is -0.465 e. The molecule has 0 unspecified atom stereocenters. The zero-order valence-corrected chi connectivity index (χ0v) is 29.2. The molecular formula is C31H64N6O6. The second-order valence-corrected chi connectivity index (χ2v) is 12.5.